The third kappa shape index (κ3) is 5.75. The van der Waals surface area contributed by atoms with E-state index in [2.05, 4.69) is 15.6 Å². The van der Waals surface area contributed by atoms with Gasteiger partial charge >= 0.3 is 0 Å². The van der Waals surface area contributed by atoms with Gasteiger partial charge in [0, 0.05) is 6.20 Å². The zero-order valence-corrected chi connectivity index (χ0v) is 18.1. The molecule has 2 N–H and O–H groups in total. The van der Waals surface area contributed by atoms with Crippen LogP contribution in [0.15, 0.2) is 85.1 Å². The molecule has 0 saturated heterocycles. The fraction of sp³-hybridized carbons (Fsp3) is 0.0417. The maximum absolute atomic E-state index is 12.4. The molecule has 31 heavy (non-hydrogen) atoms. The van der Waals surface area contributed by atoms with Crippen molar-refractivity contribution in [3.8, 4) is 5.75 Å². The van der Waals surface area contributed by atoms with E-state index in [9.17, 15) is 4.79 Å². The molecule has 0 saturated carbocycles. The van der Waals surface area contributed by atoms with Crippen molar-refractivity contribution in [2.24, 2.45) is 0 Å². The zero-order valence-electron chi connectivity index (χ0n) is 16.4. The second kappa shape index (κ2) is 9.97. The summed E-state index contributed by atoms with van der Waals surface area (Å²) in [6, 6.07) is 25.3. The lowest BCUT2D eigenvalue weighted by Crippen LogP contribution is -2.36. The van der Waals surface area contributed by atoms with Gasteiger partial charge in [0.25, 0.3) is 5.91 Å². The van der Waals surface area contributed by atoms with Crippen molar-refractivity contribution < 1.29 is 9.53 Å². The molecule has 0 bridgehead atoms. The average Bonchev–Trinajstić information content (AvgIpc) is 3.23. The van der Waals surface area contributed by atoms with Crippen molar-refractivity contribution in [1.29, 1.82) is 0 Å². The molecule has 0 atom stereocenters. The van der Waals surface area contributed by atoms with Gasteiger partial charge in [-0.25, -0.2) is 4.98 Å². The van der Waals surface area contributed by atoms with E-state index in [1.807, 2.05) is 84.9 Å². The van der Waals surface area contributed by atoms with E-state index in [0.717, 1.165) is 27.1 Å². The molecule has 0 aliphatic rings. The van der Waals surface area contributed by atoms with Gasteiger partial charge in [0.15, 0.2) is 10.1 Å². The first kappa shape index (κ1) is 20.7. The average molecular weight is 446 g/mol. The first-order chi connectivity index (χ1) is 15.2. The van der Waals surface area contributed by atoms with Crippen LogP contribution >= 0.6 is 23.6 Å². The number of fused-ring (bicyclic) bond motifs is 1. The van der Waals surface area contributed by atoms with E-state index in [-0.39, 0.29) is 11.0 Å². The van der Waals surface area contributed by atoms with E-state index in [1.54, 1.807) is 6.20 Å². The van der Waals surface area contributed by atoms with Gasteiger partial charge in [0.1, 0.15) is 12.4 Å². The summed E-state index contributed by atoms with van der Waals surface area (Å²) in [7, 11) is 0. The van der Waals surface area contributed by atoms with Crippen LogP contribution in [0.5, 0.6) is 5.75 Å². The molecule has 0 unspecified atom stereocenters. The Morgan fingerprint density at radius 1 is 1.03 bits per heavy atom. The summed E-state index contributed by atoms with van der Waals surface area (Å²) in [5, 5.41) is 6.12. The van der Waals surface area contributed by atoms with Crippen LogP contribution in [0, 0.1) is 0 Å². The molecule has 1 aromatic heterocycles. The van der Waals surface area contributed by atoms with Gasteiger partial charge in [-0.1, -0.05) is 54.6 Å². The number of amides is 1. The summed E-state index contributed by atoms with van der Waals surface area (Å²) >= 11 is 6.54. The summed E-state index contributed by atoms with van der Waals surface area (Å²) in [5.74, 6) is 0.445. The summed E-state index contributed by atoms with van der Waals surface area (Å²) in [5.41, 5.74) is 2.85. The zero-order chi connectivity index (χ0) is 21.5. The summed E-state index contributed by atoms with van der Waals surface area (Å²) in [4.78, 5) is 16.7. The topological polar surface area (TPSA) is 63.2 Å². The van der Waals surface area contributed by atoms with Crippen molar-refractivity contribution >= 4 is 50.9 Å². The predicted molar refractivity (Wildman–Crippen MR) is 129 cm³/mol. The Hall–Kier alpha value is -3.55. The predicted octanol–water partition coefficient (Wildman–Crippen LogP) is 5.15. The lowest BCUT2D eigenvalue weighted by Gasteiger charge is -2.07. The fourth-order valence-electron chi connectivity index (χ4n) is 2.82. The van der Waals surface area contributed by atoms with Gasteiger partial charge in [0.05, 0.1) is 10.2 Å². The van der Waals surface area contributed by atoms with Crippen LogP contribution in [-0.2, 0) is 6.61 Å². The van der Waals surface area contributed by atoms with Gasteiger partial charge in [-0.3, -0.25) is 10.1 Å². The highest BCUT2D eigenvalue weighted by Gasteiger charge is 2.12. The van der Waals surface area contributed by atoms with Crippen LogP contribution in [0.1, 0.15) is 20.9 Å². The molecular formula is C24H19N3O2S2. The number of thiazole rings is 1. The molecular weight excluding hydrogens is 426 g/mol. The van der Waals surface area contributed by atoms with Crippen LogP contribution in [0.3, 0.4) is 0 Å². The molecule has 154 valence electrons. The van der Waals surface area contributed by atoms with Crippen LogP contribution in [0.4, 0.5) is 0 Å². The fourth-order valence-corrected chi connectivity index (χ4v) is 3.85. The Kier molecular flexibility index (Phi) is 6.66. The SMILES string of the molecule is O=C(NC(=S)NC=Cc1cccc(OCc2ccccc2)c1)c1nc2ccccc2s1. The molecule has 4 rings (SSSR count). The van der Waals surface area contributed by atoms with Gasteiger partial charge in [-0.15, -0.1) is 11.3 Å². The minimum atomic E-state index is -0.330. The number of carbonyl (C=O) groups is 1. The number of ether oxygens (including phenoxy) is 1. The number of aromatic nitrogens is 1. The Bertz CT molecular complexity index is 1200. The van der Waals surface area contributed by atoms with Crippen molar-refractivity contribution in [1.82, 2.24) is 15.6 Å². The lowest BCUT2D eigenvalue weighted by atomic mass is 10.2. The minimum Gasteiger partial charge on any atom is -0.489 e. The Balaban J connectivity index is 1.29. The highest BCUT2D eigenvalue weighted by Crippen LogP contribution is 2.21. The van der Waals surface area contributed by atoms with E-state index in [4.69, 9.17) is 17.0 Å². The smallest absolute Gasteiger partial charge is 0.286 e. The molecule has 1 heterocycles. The number of nitrogens with zero attached hydrogens (tertiary/aromatic N) is 1. The highest BCUT2D eigenvalue weighted by molar-refractivity contribution is 7.80. The lowest BCUT2D eigenvalue weighted by molar-refractivity contribution is 0.0977. The molecule has 4 aromatic rings. The maximum atomic E-state index is 12.4. The minimum absolute atomic E-state index is 0.206. The molecule has 5 nitrogen and oxygen atoms in total. The third-order valence-corrected chi connectivity index (χ3v) is 5.57. The van der Waals surface area contributed by atoms with Crippen LogP contribution < -0.4 is 15.4 Å². The van der Waals surface area contributed by atoms with Crippen molar-refractivity contribution in [3.63, 3.8) is 0 Å². The first-order valence-electron chi connectivity index (χ1n) is 9.58. The Labute approximate surface area is 189 Å². The highest BCUT2D eigenvalue weighted by atomic mass is 32.1. The Morgan fingerprint density at radius 3 is 2.68 bits per heavy atom. The monoisotopic (exact) mass is 445 g/mol. The second-order valence-electron chi connectivity index (χ2n) is 6.59. The second-order valence-corrected chi connectivity index (χ2v) is 8.03. The largest absolute Gasteiger partial charge is 0.489 e. The number of rotatable bonds is 6. The number of carbonyl (C=O) groups excluding carboxylic acids is 1. The third-order valence-electron chi connectivity index (χ3n) is 4.31. The van der Waals surface area contributed by atoms with Crippen molar-refractivity contribution in [2.45, 2.75) is 6.61 Å². The first-order valence-corrected chi connectivity index (χ1v) is 10.8. The molecule has 0 aliphatic heterocycles. The van der Waals surface area contributed by atoms with E-state index in [1.165, 1.54) is 11.3 Å². The molecule has 0 spiro atoms. The molecule has 1 amide bonds. The van der Waals surface area contributed by atoms with Crippen molar-refractivity contribution in [3.05, 3.63) is 101 Å². The van der Waals surface area contributed by atoms with Gasteiger partial charge in [0.2, 0.25) is 0 Å². The molecule has 3 aromatic carbocycles. The van der Waals surface area contributed by atoms with E-state index >= 15 is 0 Å². The normalized spacial score (nSPS) is 10.8. The summed E-state index contributed by atoms with van der Waals surface area (Å²) < 4.78 is 6.80. The summed E-state index contributed by atoms with van der Waals surface area (Å²) in [6.45, 7) is 0.508. The van der Waals surface area contributed by atoms with Crippen LogP contribution in [0.2, 0.25) is 0 Å². The number of nitrogens with one attached hydrogen (secondary N) is 2. The number of thiocarbonyl (C=S) groups is 1. The molecule has 7 heteroatoms. The quantitative estimate of drug-likeness (QED) is 0.402. The molecule has 0 aliphatic carbocycles. The number of para-hydroxylation sites is 1. The standard InChI is InChI=1S/C24H19N3O2S2/c28-22(23-26-20-11-4-5-12-21(20)31-23)27-24(30)25-14-13-17-9-6-10-19(15-17)29-16-18-7-2-1-3-8-18/h1-15H,16H2,(H2,25,27,28,30). The Morgan fingerprint density at radius 2 is 1.84 bits per heavy atom. The number of hydrogen-bond acceptors (Lipinski definition) is 5. The maximum Gasteiger partial charge on any atom is 0.286 e. The van der Waals surface area contributed by atoms with Crippen LogP contribution in [-0.4, -0.2) is 16.0 Å². The summed E-state index contributed by atoms with van der Waals surface area (Å²) in [6.07, 6.45) is 3.53. The van der Waals surface area contributed by atoms with Gasteiger partial charge in [-0.2, -0.15) is 0 Å². The molecule has 0 fully saturated rings. The van der Waals surface area contributed by atoms with Crippen LogP contribution in [0.25, 0.3) is 16.3 Å². The number of benzene rings is 3. The van der Waals surface area contributed by atoms with Crippen molar-refractivity contribution in [2.75, 3.05) is 0 Å². The van der Waals surface area contributed by atoms with Gasteiger partial charge < -0.3 is 10.1 Å². The molecule has 0 radical (unpaired) electrons. The van der Waals surface area contributed by atoms with E-state index in [0.29, 0.717) is 11.6 Å². The van der Waals surface area contributed by atoms with Gasteiger partial charge in [-0.05, 0) is 53.7 Å². The number of hydrogen-bond donors (Lipinski definition) is 2. The van der Waals surface area contributed by atoms with E-state index < -0.39 is 0 Å².